The SMILES string of the molecule is CC(=O)Cc1nc(OCc2ccccc2)no1. The molecule has 1 aromatic heterocycles. The number of ketones is 1. The third-order valence-corrected chi connectivity index (χ3v) is 2.06. The molecule has 0 radical (unpaired) electrons. The van der Waals surface area contributed by atoms with Gasteiger partial charge in [0.05, 0.1) is 6.42 Å². The second-order valence-corrected chi connectivity index (χ2v) is 3.62. The van der Waals surface area contributed by atoms with Gasteiger partial charge >= 0.3 is 6.01 Å². The van der Waals surface area contributed by atoms with Crippen molar-refractivity contribution in [2.45, 2.75) is 20.0 Å². The van der Waals surface area contributed by atoms with Gasteiger partial charge in [-0.2, -0.15) is 4.98 Å². The zero-order valence-electron chi connectivity index (χ0n) is 9.42. The lowest BCUT2D eigenvalue weighted by Gasteiger charge is -1.99. The topological polar surface area (TPSA) is 65.2 Å². The van der Waals surface area contributed by atoms with Gasteiger partial charge in [0.2, 0.25) is 5.89 Å². The number of hydrogen-bond donors (Lipinski definition) is 0. The Labute approximate surface area is 98.4 Å². The first-order chi connectivity index (χ1) is 8.24. The highest BCUT2D eigenvalue weighted by Gasteiger charge is 2.09. The van der Waals surface area contributed by atoms with Gasteiger partial charge in [-0.05, 0) is 17.6 Å². The molecule has 5 heteroatoms. The van der Waals surface area contributed by atoms with E-state index in [0.717, 1.165) is 5.56 Å². The van der Waals surface area contributed by atoms with Crippen LogP contribution in [0, 0.1) is 0 Å². The third kappa shape index (κ3) is 3.41. The van der Waals surface area contributed by atoms with E-state index in [1.807, 2.05) is 30.3 Å². The summed E-state index contributed by atoms with van der Waals surface area (Å²) in [6.45, 7) is 1.84. The average molecular weight is 232 g/mol. The zero-order valence-corrected chi connectivity index (χ0v) is 9.42. The van der Waals surface area contributed by atoms with E-state index in [2.05, 4.69) is 10.1 Å². The van der Waals surface area contributed by atoms with Gasteiger partial charge in [0.1, 0.15) is 12.4 Å². The minimum Gasteiger partial charge on any atom is -0.457 e. The number of hydrogen-bond acceptors (Lipinski definition) is 5. The molecule has 1 heterocycles. The van der Waals surface area contributed by atoms with E-state index in [9.17, 15) is 4.79 Å². The standard InChI is InChI=1S/C12H12N2O3/c1-9(15)7-11-13-12(14-17-11)16-8-10-5-3-2-4-6-10/h2-6H,7-8H2,1H3. The molecule has 0 aliphatic heterocycles. The summed E-state index contributed by atoms with van der Waals surface area (Å²) in [6, 6.07) is 9.83. The van der Waals surface area contributed by atoms with Crippen LogP contribution in [-0.2, 0) is 17.8 Å². The highest BCUT2D eigenvalue weighted by Crippen LogP contribution is 2.08. The van der Waals surface area contributed by atoms with Crippen molar-refractivity contribution in [3.63, 3.8) is 0 Å². The molecule has 0 atom stereocenters. The van der Waals surface area contributed by atoms with Crippen LogP contribution in [0.2, 0.25) is 0 Å². The molecule has 1 aromatic carbocycles. The van der Waals surface area contributed by atoms with Crippen LogP contribution in [0.1, 0.15) is 18.4 Å². The molecule has 5 nitrogen and oxygen atoms in total. The number of Topliss-reactive ketones (excluding diaryl/α,β-unsaturated/α-hetero) is 1. The summed E-state index contributed by atoms with van der Waals surface area (Å²) in [6.07, 6.45) is 0.141. The fourth-order valence-electron chi connectivity index (χ4n) is 1.30. The van der Waals surface area contributed by atoms with Crippen LogP contribution >= 0.6 is 0 Å². The smallest absolute Gasteiger partial charge is 0.354 e. The lowest BCUT2D eigenvalue weighted by Crippen LogP contribution is -1.98. The first-order valence-electron chi connectivity index (χ1n) is 5.23. The predicted molar refractivity (Wildman–Crippen MR) is 59.5 cm³/mol. The Bertz CT molecular complexity index is 493. The highest BCUT2D eigenvalue weighted by atomic mass is 16.6. The van der Waals surface area contributed by atoms with Crippen LogP contribution in [0.25, 0.3) is 0 Å². The molecule has 0 unspecified atom stereocenters. The fourth-order valence-corrected chi connectivity index (χ4v) is 1.30. The third-order valence-electron chi connectivity index (χ3n) is 2.06. The first-order valence-corrected chi connectivity index (χ1v) is 5.23. The van der Waals surface area contributed by atoms with Crippen molar-refractivity contribution >= 4 is 5.78 Å². The molecule has 2 aromatic rings. The van der Waals surface area contributed by atoms with Gasteiger partial charge in [-0.3, -0.25) is 4.79 Å². The number of aromatic nitrogens is 2. The van der Waals surface area contributed by atoms with E-state index in [1.165, 1.54) is 6.92 Å². The molecular formula is C12H12N2O3. The maximum atomic E-state index is 10.8. The Morgan fingerprint density at radius 2 is 2.12 bits per heavy atom. The van der Waals surface area contributed by atoms with Crippen LogP contribution in [-0.4, -0.2) is 15.9 Å². The lowest BCUT2D eigenvalue weighted by molar-refractivity contribution is -0.116. The normalized spacial score (nSPS) is 10.2. The van der Waals surface area contributed by atoms with Crippen molar-refractivity contribution in [2.75, 3.05) is 0 Å². The molecular weight excluding hydrogens is 220 g/mol. The molecule has 0 fully saturated rings. The summed E-state index contributed by atoms with van der Waals surface area (Å²) in [7, 11) is 0. The fraction of sp³-hybridized carbons (Fsp3) is 0.250. The quantitative estimate of drug-likeness (QED) is 0.786. The van der Waals surface area contributed by atoms with Gasteiger partial charge in [0, 0.05) is 0 Å². The predicted octanol–water partition coefficient (Wildman–Crippen LogP) is 1.78. The highest BCUT2D eigenvalue weighted by molar-refractivity contribution is 5.77. The molecule has 0 aliphatic rings. The minimum absolute atomic E-state index is 0.0248. The van der Waals surface area contributed by atoms with Crippen molar-refractivity contribution in [3.05, 3.63) is 41.8 Å². The van der Waals surface area contributed by atoms with Gasteiger partial charge in [-0.25, -0.2) is 0 Å². The van der Waals surface area contributed by atoms with Crippen molar-refractivity contribution in [1.29, 1.82) is 0 Å². The molecule has 0 saturated carbocycles. The number of rotatable bonds is 5. The number of benzene rings is 1. The second kappa shape index (κ2) is 5.25. The minimum atomic E-state index is -0.0248. The summed E-state index contributed by atoms with van der Waals surface area (Å²) in [5.41, 5.74) is 1.02. The number of ether oxygens (including phenoxy) is 1. The summed E-state index contributed by atoms with van der Waals surface area (Å²) in [4.78, 5) is 14.8. The van der Waals surface area contributed by atoms with Crippen molar-refractivity contribution in [2.24, 2.45) is 0 Å². The largest absolute Gasteiger partial charge is 0.457 e. The maximum absolute atomic E-state index is 10.8. The molecule has 88 valence electrons. The lowest BCUT2D eigenvalue weighted by atomic mass is 10.2. The summed E-state index contributed by atoms with van der Waals surface area (Å²) >= 11 is 0. The summed E-state index contributed by atoms with van der Waals surface area (Å²) in [5, 5.41) is 3.62. The van der Waals surface area contributed by atoms with E-state index < -0.39 is 0 Å². The van der Waals surface area contributed by atoms with Crippen LogP contribution in [0.5, 0.6) is 6.01 Å². The number of carbonyl (C=O) groups is 1. The summed E-state index contributed by atoms with van der Waals surface area (Å²) in [5.74, 6) is 0.254. The average Bonchev–Trinajstić information content (AvgIpc) is 2.75. The second-order valence-electron chi connectivity index (χ2n) is 3.62. The van der Waals surface area contributed by atoms with E-state index in [0.29, 0.717) is 6.61 Å². The molecule has 0 saturated heterocycles. The Kier molecular flexibility index (Phi) is 3.49. The molecule has 2 rings (SSSR count). The first kappa shape index (κ1) is 11.3. The van der Waals surface area contributed by atoms with Crippen LogP contribution in [0.15, 0.2) is 34.9 Å². The number of nitrogens with zero attached hydrogens (tertiary/aromatic N) is 2. The summed E-state index contributed by atoms with van der Waals surface area (Å²) < 4.78 is 10.2. The Morgan fingerprint density at radius 1 is 1.35 bits per heavy atom. The molecule has 17 heavy (non-hydrogen) atoms. The van der Waals surface area contributed by atoms with E-state index in [-0.39, 0.29) is 24.1 Å². The van der Waals surface area contributed by atoms with E-state index >= 15 is 0 Å². The van der Waals surface area contributed by atoms with Crippen LogP contribution < -0.4 is 4.74 Å². The zero-order chi connectivity index (χ0) is 12.1. The Morgan fingerprint density at radius 3 is 2.82 bits per heavy atom. The molecule has 0 bridgehead atoms. The van der Waals surface area contributed by atoms with Crippen LogP contribution in [0.4, 0.5) is 0 Å². The molecule has 0 aliphatic carbocycles. The van der Waals surface area contributed by atoms with Gasteiger partial charge in [-0.1, -0.05) is 30.3 Å². The van der Waals surface area contributed by atoms with Crippen LogP contribution in [0.3, 0.4) is 0 Å². The van der Waals surface area contributed by atoms with Crippen molar-refractivity contribution < 1.29 is 14.1 Å². The Hall–Kier alpha value is -2.17. The number of carbonyl (C=O) groups excluding carboxylic acids is 1. The van der Waals surface area contributed by atoms with E-state index in [1.54, 1.807) is 0 Å². The van der Waals surface area contributed by atoms with Gasteiger partial charge in [0.15, 0.2) is 0 Å². The Balaban J connectivity index is 1.91. The van der Waals surface area contributed by atoms with E-state index in [4.69, 9.17) is 9.26 Å². The monoisotopic (exact) mass is 232 g/mol. The molecule has 0 spiro atoms. The molecule has 0 N–H and O–H groups in total. The molecule has 0 amide bonds. The van der Waals surface area contributed by atoms with Crippen molar-refractivity contribution in [3.8, 4) is 6.01 Å². The van der Waals surface area contributed by atoms with Gasteiger partial charge in [-0.15, -0.1) is 0 Å². The van der Waals surface area contributed by atoms with Gasteiger partial charge in [0.25, 0.3) is 0 Å². The van der Waals surface area contributed by atoms with Gasteiger partial charge < -0.3 is 9.26 Å². The van der Waals surface area contributed by atoms with Crippen molar-refractivity contribution in [1.82, 2.24) is 10.1 Å². The maximum Gasteiger partial charge on any atom is 0.354 e.